The number of hydrogen-bond acceptors (Lipinski definition) is 4. The van der Waals surface area contributed by atoms with Gasteiger partial charge in [-0.15, -0.1) is 0 Å². The van der Waals surface area contributed by atoms with Gasteiger partial charge in [-0.25, -0.2) is 0 Å². The van der Waals surface area contributed by atoms with Crippen molar-refractivity contribution < 1.29 is 14.3 Å². The highest BCUT2D eigenvalue weighted by Gasteiger charge is 2.55. The van der Waals surface area contributed by atoms with Crippen molar-refractivity contribution in [2.75, 3.05) is 7.11 Å². The van der Waals surface area contributed by atoms with Crippen LogP contribution in [0, 0.1) is 23.2 Å². The Labute approximate surface area is 194 Å². The van der Waals surface area contributed by atoms with E-state index in [-0.39, 0.29) is 11.4 Å². The van der Waals surface area contributed by atoms with Crippen molar-refractivity contribution in [2.24, 2.45) is 28.2 Å². The standard InChI is InChI=1S/C29H29NO3/c1-32-27-14-19(18-30-25-8-4-6-23-5-2-3-7-24(23)25)9-10-26(27)33-28(31)29-15-20-11-21(16-29)13-22(12-20)17-29/h2-10,14,18,20-22H,11-13,15-17H2,1H3. The molecule has 0 N–H and O–H groups in total. The molecule has 0 spiro atoms. The lowest BCUT2D eigenvalue weighted by molar-refractivity contribution is -0.161. The largest absolute Gasteiger partial charge is 0.493 e. The number of esters is 1. The molecule has 0 aromatic heterocycles. The number of aliphatic imine (C=N–C) groups is 1. The smallest absolute Gasteiger partial charge is 0.317 e. The average molecular weight is 440 g/mol. The Morgan fingerprint density at radius 1 is 0.909 bits per heavy atom. The van der Waals surface area contributed by atoms with Gasteiger partial charge in [0, 0.05) is 11.6 Å². The molecule has 168 valence electrons. The van der Waals surface area contributed by atoms with Gasteiger partial charge in [0.05, 0.1) is 18.2 Å². The maximum absolute atomic E-state index is 13.4. The zero-order valence-corrected chi connectivity index (χ0v) is 19.0. The lowest BCUT2D eigenvalue weighted by Gasteiger charge is -2.55. The van der Waals surface area contributed by atoms with Crippen LogP contribution in [0.3, 0.4) is 0 Å². The van der Waals surface area contributed by atoms with E-state index < -0.39 is 0 Å². The molecule has 0 amide bonds. The van der Waals surface area contributed by atoms with Crippen molar-refractivity contribution >= 4 is 28.6 Å². The van der Waals surface area contributed by atoms with E-state index in [9.17, 15) is 4.79 Å². The van der Waals surface area contributed by atoms with E-state index in [1.54, 1.807) is 7.11 Å². The molecule has 0 heterocycles. The van der Waals surface area contributed by atoms with Crippen LogP contribution in [0.1, 0.15) is 44.1 Å². The van der Waals surface area contributed by atoms with Crippen LogP contribution in [0.15, 0.2) is 65.7 Å². The van der Waals surface area contributed by atoms with Gasteiger partial charge in [-0.05, 0) is 91.5 Å². The summed E-state index contributed by atoms with van der Waals surface area (Å²) in [6.07, 6.45) is 8.73. The van der Waals surface area contributed by atoms with Gasteiger partial charge >= 0.3 is 5.97 Å². The van der Waals surface area contributed by atoms with Crippen LogP contribution < -0.4 is 9.47 Å². The normalized spacial score (nSPS) is 27.8. The summed E-state index contributed by atoms with van der Waals surface area (Å²) in [6, 6.07) is 20.0. The van der Waals surface area contributed by atoms with Crippen LogP contribution >= 0.6 is 0 Å². The first kappa shape index (κ1) is 20.5. The molecule has 4 aliphatic rings. The van der Waals surface area contributed by atoms with Gasteiger partial charge in [-0.2, -0.15) is 0 Å². The first-order valence-electron chi connectivity index (χ1n) is 12.0. The van der Waals surface area contributed by atoms with Gasteiger partial charge < -0.3 is 9.47 Å². The van der Waals surface area contributed by atoms with E-state index >= 15 is 0 Å². The predicted octanol–water partition coefficient (Wildman–Crippen LogP) is 6.72. The molecule has 0 unspecified atom stereocenters. The summed E-state index contributed by atoms with van der Waals surface area (Å²) in [6.45, 7) is 0. The number of benzene rings is 3. The molecular weight excluding hydrogens is 410 g/mol. The number of carbonyl (C=O) groups excluding carboxylic acids is 1. The second kappa shape index (κ2) is 8.02. The van der Waals surface area contributed by atoms with Gasteiger partial charge in [0.25, 0.3) is 0 Å². The SMILES string of the molecule is COc1cc(C=Nc2cccc3ccccc23)ccc1OC(=O)C12CC3CC(CC(C3)C1)C2. The predicted molar refractivity (Wildman–Crippen MR) is 130 cm³/mol. The second-order valence-electron chi connectivity index (χ2n) is 10.3. The lowest BCUT2D eigenvalue weighted by atomic mass is 9.49. The fraction of sp³-hybridized carbons (Fsp3) is 0.379. The van der Waals surface area contributed by atoms with Gasteiger partial charge in [-0.3, -0.25) is 9.79 Å². The number of hydrogen-bond donors (Lipinski definition) is 0. The van der Waals surface area contributed by atoms with Crippen LogP contribution in [0.4, 0.5) is 5.69 Å². The second-order valence-corrected chi connectivity index (χ2v) is 10.3. The highest BCUT2D eigenvalue weighted by molar-refractivity contribution is 5.95. The summed E-state index contributed by atoms with van der Waals surface area (Å²) < 4.78 is 11.6. The molecule has 3 aromatic carbocycles. The first-order chi connectivity index (χ1) is 16.1. The number of carbonyl (C=O) groups is 1. The summed E-state index contributed by atoms with van der Waals surface area (Å²) >= 11 is 0. The van der Waals surface area contributed by atoms with Gasteiger partial charge in [-0.1, -0.05) is 36.4 Å². The molecule has 4 fully saturated rings. The average Bonchev–Trinajstić information content (AvgIpc) is 2.82. The van der Waals surface area contributed by atoms with Crippen LogP contribution in [0.5, 0.6) is 11.5 Å². The molecule has 4 heteroatoms. The van der Waals surface area contributed by atoms with E-state index in [4.69, 9.17) is 14.5 Å². The zero-order valence-electron chi connectivity index (χ0n) is 19.0. The van der Waals surface area contributed by atoms with E-state index in [1.165, 1.54) is 19.3 Å². The number of methoxy groups -OCH3 is 1. The number of rotatable bonds is 5. The Bertz CT molecular complexity index is 1200. The maximum Gasteiger partial charge on any atom is 0.317 e. The minimum atomic E-state index is -0.283. The van der Waals surface area contributed by atoms with E-state index in [0.29, 0.717) is 29.3 Å². The molecule has 4 bridgehead atoms. The molecule has 0 aliphatic heterocycles. The molecule has 7 rings (SSSR count). The van der Waals surface area contributed by atoms with Crippen LogP contribution in [-0.2, 0) is 4.79 Å². The highest BCUT2D eigenvalue weighted by atomic mass is 16.6. The molecule has 0 radical (unpaired) electrons. The van der Waals surface area contributed by atoms with Crippen molar-refractivity contribution in [3.8, 4) is 11.5 Å². The summed E-state index contributed by atoms with van der Waals surface area (Å²) in [4.78, 5) is 18.1. The third-order valence-electron chi connectivity index (χ3n) is 7.98. The van der Waals surface area contributed by atoms with Crippen molar-refractivity contribution in [3.63, 3.8) is 0 Å². The fourth-order valence-electron chi connectivity index (χ4n) is 6.88. The minimum Gasteiger partial charge on any atom is -0.493 e. The van der Waals surface area contributed by atoms with E-state index in [2.05, 4.69) is 18.2 Å². The molecular formula is C29H29NO3. The van der Waals surface area contributed by atoms with Gasteiger partial charge in [0.1, 0.15) is 0 Å². The summed E-state index contributed by atoms with van der Waals surface area (Å²) in [5.41, 5.74) is 1.53. The summed E-state index contributed by atoms with van der Waals surface area (Å²) in [7, 11) is 1.61. The Morgan fingerprint density at radius 3 is 2.33 bits per heavy atom. The number of ether oxygens (including phenoxy) is 2. The quantitative estimate of drug-likeness (QED) is 0.252. The molecule has 3 aromatic rings. The third-order valence-corrected chi connectivity index (χ3v) is 7.98. The maximum atomic E-state index is 13.4. The Kier molecular flexibility index (Phi) is 4.97. The van der Waals surface area contributed by atoms with Crippen molar-refractivity contribution in [3.05, 3.63) is 66.2 Å². The summed E-state index contributed by atoms with van der Waals surface area (Å²) in [5.74, 6) is 3.13. The molecule has 4 saturated carbocycles. The van der Waals surface area contributed by atoms with Gasteiger partial charge in [0.2, 0.25) is 0 Å². The molecule has 4 nitrogen and oxygen atoms in total. The van der Waals surface area contributed by atoms with E-state index in [1.807, 2.05) is 48.7 Å². The Morgan fingerprint density at radius 2 is 1.61 bits per heavy atom. The third kappa shape index (κ3) is 3.72. The zero-order chi connectivity index (χ0) is 22.4. The minimum absolute atomic E-state index is 0.0583. The van der Waals surface area contributed by atoms with E-state index in [0.717, 1.165) is 41.3 Å². The fourth-order valence-corrected chi connectivity index (χ4v) is 6.88. The lowest BCUT2D eigenvalue weighted by Crippen LogP contribution is -2.51. The molecule has 0 saturated heterocycles. The highest BCUT2D eigenvalue weighted by Crippen LogP contribution is 2.60. The van der Waals surface area contributed by atoms with Crippen LogP contribution in [0.2, 0.25) is 0 Å². The first-order valence-corrected chi connectivity index (χ1v) is 12.0. The number of nitrogens with zero attached hydrogens (tertiary/aromatic N) is 1. The molecule has 33 heavy (non-hydrogen) atoms. The van der Waals surface area contributed by atoms with Crippen molar-refractivity contribution in [1.82, 2.24) is 0 Å². The van der Waals surface area contributed by atoms with Gasteiger partial charge in [0.15, 0.2) is 11.5 Å². The topological polar surface area (TPSA) is 47.9 Å². The monoisotopic (exact) mass is 439 g/mol. The van der Waals surface area contributed by atoms with Crippen molar-refractivity contribution in [1.29, 1.82) is 0 Å². The summed E-state index contributed by atoms with van der Waals surface area (Å²) in [5, 5.41) is 2.28. The van der Waals surface area contributed by atoms with Crippen LogP contribution in [-0.4, -0.2) is 19.3 Å². The Hall–Kier alpha value is -3.14. The van der Waals surface area contributed by atoms with Crippen LogP contribution in [0.25, 0.3) is 10.8 Å². The molecule has 4 aliphatic carbocycles. The Balaban J connectivity index is 1.23. The van der Waals surface area contributed by atoms with Crippen molar-refractivity contribution in [2.45, 2.75) is 38.5 Å². The molecule has 0 atom stereocenters. The number of fused-ring (bicyclic) bond motifs is 1.